The predicted molar refractivity (Wildman–Crippen MR) is 107 cm³/mol. The predicted octanol–water partition coefficient (Wildman–Crippen LogP) is 2.29. The average Bonchev–Trinajstić information content (AvgIpc) is 2.66. The van der Waals surface area contributed by atoms with Crippen LogP contribution in [0.4, 0.5) is 0 Å². The Hall–Kier alpha value is -1.28. The molecule has 1 aliphatic heterocycles. The van der Waals surface area contributed by atoms with Crippen molar-refractivity contribution in [1.29, 1.82) is 0 Å². The molecule has 0 amide bonds. The van der Waals surface area contributed by atoms with Crippen molar-refractivity contribution >= 4 is 26.8 Å². The molecule has 142 valence electrons. The van der Waals surface area contributed by atoms with Gasteiger partial charge < -0.3 is 10.4 Å². The second kappa shape index (κ2) is 8.61. The van der Waals surface area contributed by atoms with Crippen molar-refractivity contribution in [2.24, 2.45) is 0 Å². The molecule has 7 heteroatoms. The van der Waals surface area contributed by atoms with E-state index in [4.69, 9.17) is 4.98 Å². The normalized spacial score (nSPS) is 19.8. The second-order valence-electron chi connectivity index (χ2n) is 6.81. The first kappa shape index (κ1) is 19.5. The number of benzene rings is 1. The van der Waals surface area contributed by atoms with E-state index in [0.717, 1.165) is 48.3 Å². The Morgan fingerprint density at radius 2 is 2.23 bits per heavy atom. The molecular formula is C19H27BrN4O2. The van der Waals surface area contributed by atoms with Crippen LogP contribution in [0, 0.1) is 0 Å². The topological polar surface area (TPSA) is 70.4 Å². The summed E-state index contributed by atoms with van der Waals surface area (Å²) in [5.74, 6) is 0.841. The maximum Gasteiger partial charge on any atom is 0.261 e. The number of rotatable bonds is 6. The molecule has 0 bridgehead atoms. The summed E-state index contributed by atoms with van der Waals surface area (Å²) in [6.45, 7) is 7.36. The SMILES string of the molecule is CCCC(c1nc2ccc(Br)cc2c(=O)n1CC)N1CCN[C@@H](CO)C1. The van der Waals surface area contributed by atoms with Crippen LogP contribution in [0.2, 0.25) is 0 Å². The number of hydrogen-bond acceptors (Lipinski definition) is 5. The summed E-state index contributed by atoms with van der Waals surface area (Å²) in [5.41, 5.74) is 0.761. The quantitative estimate of drug-likeness (QED) is 0.746. The molecule has 0 saturated carbocycles. The first-order chi connectivity index (χ1) is 12.6. The van der Waals surface area contributed by atoms with E-state index in [9.17, 15) is 9.90 Å². The standard InChI is InChI=1S/C19H27BrN4O2/c1-3-5-17(23-9-8-21-14(11-23)12-25)18-22-16-7-6-13(20)10-15(16)19(26)24(18)4-2/h6-7,10,14,17,21,25H,3-5,8-9,11-12H2,1-2H3/t14-,17?/m1/s1. The minimum absolute atomic E-state index is 0.0174. The summed E-state index contributed by atoms with van der Waals surface area (Å²) in [7, 11) is 0. The van der Waals surface area contributed by atoms with Gasteiger partial charge in [0.25, 0.3) is 5.56 Å². The first-order valence-corrected chi connectivity index (χ1v) is 10.2. The Morgan fingerprint density at radius 1 is 1.42 bits per heavy atom. The van der Waals surface area contributed by atoms with Crippen molar-refractivity contribution in [1.82, 2.24) is 19.8 Å². The minimum atomic E-state index is 0.0174. The minimum Gasteiger partial charge on any atom is -0.395 e. The third kappa shape index (κ3) is 3.86. The van der Waals surface area contributed by atoms with E-state index >= 15 is 0 Å². The zero-order valence-corrected chi connectivity index (χ0v) is 17.0. The van der Waals surface area contributed by atoms with Gasteiger partial charge in [0, 0.05) is 36.7 Å². The van der Waals surface area contributed by atoms with E-state index in [0.29, 0.717) is 11.9 Å². The molecule has 1 aliphatic rings. The van der Waals surface area contributed by atoms with Crippen LogP contribution in [0.25, 0.3) is 10.9 Å². The fourth-order valence-corrected chi connectivity index (χ4v) is 4.14. The van der Waals surface area contributed by atoms with Crippen LogP contribution in [-0.2, 0) is 6.54 Å². The van der Waals surface area contributed by atoms with Crippen molar-refractivity contribution < 1.29 is 5.11 Å². The molecule has 1 fully saturated rings. The molecule has 0 spiro atoms. The van der Waals surface area contributed by atoms with Gasteiger partial charge in [0.05, 0.1) is 23.6 Å². The fourth-order valence-electron chi connectivity index (χ4n) is 3.78. The molecule has 2 N–H and O–H groups in total. The van der Waals surface area contributed by atoms with Crippen LogP contribution in [-0.4, -0.2) is 51.8 Å². The summed E-state index contributed by atoms with van der Waals surface area (Å²) in [6.07, 6.45) is 1.95. The third-order valence-electron chi connectivity index (χ3n) is 5.07. The Labute approximate surface area is 162 Å². The van der Waals surface area contributed by atoms with Gasteiger partial charge in [-0.15, -0.1) is 0 Å². The van der Waals surface area contributed by atoms with Gasteiger partial charge >= 0.3 is 0 Å². The monoisotopic (exact) mass is 422 g/mol. The van der Waals surface area contributed by atoms with Gasteiger partial charge in [0.1, 0.15) is 5.82 Å². The highest BCUT2D eigenvalue weighted by atomic mass is 79.9. The number of aromatic nitrogens is 2. The number of nitrogens with zero attached hydrogens (tertiary/aromatic N) is 3. The molecule has 1 aromatic carbocycles. The van der Waals surface area contributed by atoms with E-state index in [1.165, 1.54) is 0 Å². The maximum atomic E-state index is 13.1. The first-order valence-electron chi connectivity index (χ1n) is 9.37. The number of fused-ring (bicyclic) bond motifs is 1. The van der Waals surface area contributed by atoms with Gasteiger partial charge in [0.2, 0.25) is 0 Å². The molecule has 1 aromatic heterocycles. The van der Waals surface area contributed by atoms with Gasteiger partial charge in [0.15, 0.2) is 0 Å². The van der Waals surface area contributed by atoms with Gasteiger partial charge in [-0.05, 0) is 31.5 Å². The van der Waals surface area contributed by atoms with Crippen molar-refractivity contribution in [3.05, 3.63) is 38.9 Å². The molecule has 26 heavy (non-hydrogen) atoms. The van der Waals surface area contributed by atoms with E-state index in [1.54, 1.807) is 0 Å². The third-order valence-corrected chi connectivity index (χ3v) is 5.56. The summed E-state index contributed by atoms with van der Waals surface area (Å²) < 4.78 is 2.70. The lowest BCUT2D eigenvalue weighted by Crippen LogP contribution is -2.53. The van der Waals surface area contributed by atoms with Gasteiger partial charge in [-0.2, -0.15) is 0 Å². The van der Waals surface area contributed by atoms with E-state index < -0.39 is 0 Å². The largest absolute Gasteiger partial charge is 0.395 e. The maximum absolute atomic E-state index is 13.1. The van der Waals surface area contributed by atoms with Crippen LogP contribution < -0.4 is 10.9 Å². The van der Waals surface area contributed by atoms with Crippen molar-refractivity contribution in [2.75, 3.05) is 26.2 Å². The zero-order valence-electron chi connectivity index (χ0n) is 15.4. The lowest BCUT2D eigenvalue weighted by atomic mass is 10.1. The fraction of sp³-hybridized carbons (Fsp3) is 0.579. The van der Waals surface area contributed by atoms with Crippen LogP contribution in [0.3, 0.4) is 0 Å². The molecular weight excluding hydrogens is 396 g/mol. The van der Waals surface area contributed by atoms with E-state index in [-0.39, 0.29) is 24.2 Å². The zero-order chi connectivity index (χ0) is 18.7. The van der Waals surface area contributed by atoms with Crippen LogP contribution in [0.5, 0.6) is 0 Å². The average molecular weight is 423 g/mol. The Bertz CT molecular complexity index is 823. The highest BCUT2D eigenvalue weighted by molar-refractivity contribution is 9.10. The molecule has 2 heterocycles. The lowest BCUT2D eigenvalue weighted by molar-refractivity contribution is 0.101. The second-order valence-corrected chi connectivity index (χ2v) is 7.73. The number of nitrogens with one attached hydrogen (secondary N) is 1. The smallest absolute Gasteiger partial charge is 0.261 e. The van der Waals surface area contributed by atoms with E-state index in [2.05, 4.69) is 33.1 Å². The molecule has 2 aromatic rings. The van der Waals surface area contributed by atoms with Gasteiger partial charge in [-0.3, -0.25) is 14.3 Å². The van der Waals surface area contributed by atoms with Crippen molar-refractivity contribution in [3.8, 4) is 0 Å². The highest BCUT2D eigenvalue weighted by Gasteiger charge is 2.29. The van der Waals surface area contributed by atoms with Crippen LogP contribution >= 0.6 is 15.9 Å². The number of hydrogen-bond donors (Lipinski definition) is 2. The summed E-state index contributed by atoms with van der Waals surface area (Å²) in [5, 5.41) is 13.5. The van der Waals surface area contributed by atoms with Crippen LogP contribution in [0.1, 0.15) is 38.6 Å². The summed E-state index contributed by atoms with van der Waals surface area (Å²) >= 11 is 3.45. The molecule has 1 saturated heterocycles. The molecule has 1 unspecified atom stereocenters. The molecule has 0 radical (unpaired) electrons. The van der Waals surface area contributed by atoms with Crippen LogP contribution in [0.15, 0.2) is 27.5 Å². The van der Waals surface area contributed by atoms with E-state index in [1.807, 2.05) is 29.7 Å². The Balaban J connectivity index is 2.10. The van der Waals surface area contributed by atoms with Gasteiger partial charge in [-0.25, -0.2) is 4.98 Å². The molecule has 2 atom stereocenters. The Morgan fingerprint density at radius 3 is 2.92 bits per heavy atom. The van der Waals surface area contributed by atoms with Crippen molar-refractivity contribution in [3.63, 3.8) is 0 Å². The van der Waals surface area contributed by atoms with Crippen molar-refractivity contribution in [2.45, 2.75) is 45.3 Å². The highest BCUT2D eigenvalue weighted by Crippen LogP contribution is 2.27. The number of piperazine rings is 1. The number of aliphatic hydroxyl groups is 1. The molecule has 3 rings (SSSR count). The molecule has 6 nitrogen and oxygen atoms in total. The Kier molecular flexibility index (Phi) is 6.45. The van der Waals surface area contributed by atoms with Gasteiger partial charge in [-0.1, -0.05) is 29.3 Å². The number of aliphatic hydroxyl groups excluding tert-OH is 1. The number of halogens is 1. The summed E-state index contributed by atoms with van der Waals surface area (Å²) in [6, 6.07) is 5.83. The lowest BCUT2D eigenvalue weighted by Gasteiger charge is -2.38. The summed E-state index contributed by atoms with van der Waals surface area (Å²) in [4.78, 5) is 20.3. The molecule has 0 aliphatic carbocycles.